The van der Waals surface area contributed by atoms with Crippen LogP contribution in [-0.4, -0.2) is 27.0 Å². The predicted molar refractivity (Wildman–Crippen MR) is 119 cm³/mol. The lowest BCUT2D eigenvalue weighted by atomic mass is 10.2. The molecule has 2 heterocycles. The number of benzene rings is 1. The van der Waals surface area contributed by atoms with Crippen LogP contribution in [0.1, 0.15) is 44.1 Å². The summed E-state index contributed by atoms with van der Waals surface area (Å²) in [5, 5.41) is 0.914. The van der Waals surface area contributed by atoms with Gasteiger partial charge in [-0.25, -0.2) is 9.78 Å². The molecule has 0 saturated carbocycles. The maximum absolute atomic E-state index is 13.4. The van der Waals surface area contributed by atoms with Gasteiger partial charge in [0.15, 0.2) is 5.69 Å². The lowest BCUT2D eigenvalue weighted by molar-refractivity contribution is 0.0982. The number of carbonyl (C=O) groups is 1. The Bertz CT molecular complexity index is 1180. The first-order valence-electron chi connectivity index (χ1n) is 10.1. The van der Waals surface area contributed by atoms with E-state index in [4.69, 9.17) is 5.73 Å². The van der Waals surface area contributed by atoms with Crippen molar-refractivity contribution in [2.45, 2.75) is 40.2 Å². The number of nitrogen functional groups attached to an aromatic ring is 1. The van der Waals surface area contributed by atoms with E-state index in [1.165, 1.54) is 9.47 Å². The van der Waals surface area contributed by atoms with E-state index in [0.717, 1.165) is 11.8 Å². The van der Waals surface area contributed by atoms with E-state index in [-0.39, 0.29) is 29.7 Å². The largest absolute Gasteiger partial charge is 0.383 e. The predicted octanol–water partition coefficient (Wildman–Crippen LogP) is 2.77. The van der Waals surface area contributed by atoms with Crippen LogP contribution in [-0.2, 0) is 6.54 Å². The number of carbonyl (C=O) groups excluding carboxylic acids is 1. The van der Waals surface area contributed by atoms with Crippen LogP contribution in [0.25, 0.3) is 10.9 Å². The van der Waals surface area contributed by atoms with Crippen LogP contribution < -0.4 is 21.9 Å². The summed E-state index contributed by atoms with van der Waals surface area (Å²) in [6.07, 6.45) is 1.49. The molecule has 0 aliphatic carbocycles. The standard InChI is InChI=1S/C22H27N5O3/c1-4-5-12-26(18-19(23)27(13-14(2)3)22(30)25-20(18)28)21(29)17-11-10-15-8-6-7-9-16(15)24-17/h6-11,14H,4-5,12-13,23H2,1-3H3,(H,25,28,30). The van der Waals surface area contributed by atoms with Gasteiger partial charge in [-0.1, -0.05) is 51.5 Å². The number of pyridine rings is 1. The SMILES string of the molecule is CCCCN(C(=O)c1ccc2ccccc2n1)c1c(N)n(CC(C)C)c(=O)[nH]c1=O. The van der Waals surface area contributed by atoms with Crippen molar-refractivity contribution in [2.24, 2.45) is 5.92 Å². The van der Waals surface area contributed by atoms with Crippen LogP contribution in [0, 0.1) is 5.92 Å². The summed E-state index contributed by atoms with van der Waals surface area (Å²) in [6.45, 7) is 6.49. The third kappa shape index (κ3) is 4.27. The number of nitrogens with one attached hydrogen (secondary N) is 1. The maximum Gasteiger partial charge on any atom is 0.330 e. The van der Waals surface area contributed by atoms with Gasteiger partial charge in [-0.05, 0) is 24.5 Å². The molecule has 0 atom stereocenters. The molecule has 2 aromatic heterocycles. The highest BCUT2D eigenvalue weighted by atomic mass is 16.2. The molecular formula is C22H27N5O3. The first-order valence-corrected chi connectivity index (χ1v) is 10.1. The molecule has 0 spiro atoms. The van der Waals surface area contributed by atoms with Crippen molar-refractivity contribution in [1.82, 2.24) is 14.5 Å². The zero-order valence-electron chi connectivity index (χ0n) is 17.5. The molecule has 3 N–H and O–H groups in total. The fourth-order valence-corrected chi connectivity index (χ4v) is 3.34. The number of fused-ring (bicyclic) bond motifs is 1. The van der Waals surface area contributed by atoms with Crippen LogP contribution in [0.5, 0.6) is 0 Å². The molecule has 8 heteroatoms. The number of rotatable bonds is 7. The number of aromatic nitrogens is 3. The Hall–Kier alpha value is -3.42. The van der Waals surface area contributed by atoms with Crippen LogP contribution in [0.2, 0.25) is 0 Å². The molecule has 0 aliphatic heterocycles. The van der Waals surface area contributed by atoms with E-state index in [9.17, 15) is 14.4 Å². The topological polar surface area (TPSA) is 114 Å². The molecule has 158 valence electrons. The van der Waals surface area contributed by atoms with Gasteiger partial charge < -0.3 is 5.73 Å². The smallest absolute Gasteiger partial charge is 0.330 e. The first kappa shape index (κ1) is 21.3. The summed E-state index contributed by atoms with van der Waals surface area (Å²) in [5.74, 6) is -0.311. The molecule has 3 rings (SSSR count). The quantitative estimate of drug-likeness (QED) is 0.623. The average Bonchev–Trinajstić information content (AvgIpc) is 2.72. The van der Waals surface area contributed by atoms with Gasteiger partial charge in [-0.15, -0.1) is 0 Å². The van der Waals surface area contributed by atoms with Gasteiger partial charge in [0, 0.05) is 18.5 Å². The number of nitrogens with two attached hydrogens (primary N) is 1. The number of amides is 1. The number of hydrogen-bond acceptors (Lipinski definition) is 5. The van der Waals surface area contributed by atoms with Gasteiger partial charge in [0.25, 0.3) is 11.5 Å². The van der Waals surface area contributed by atoms with E-state index in [0.29, 0.717) is 18.5 Å². The molecule has 0 saturated heterocycles. The summed E-state index contributed by atoms with van der Waals surface area (Å²) in [4.78, 5) is 46.5. The second kappa shape index (κ2) is 8.94. The Morgan fingerprint density at radius 1 is 1.20 bits per heavy atom. The summed E-state index contributed by atoms with van der Waals surface area (Å²) < 4.78 is 1.31. The van der Waals surface area contributed by atoms with Gasteiger partial charge >= 0.3 is 5.69 Å². The molecule has 1 amide bonds. The average molecular weight is 409 g/mol. The zero-order chi connectivity index (χ0) is 21.8. The number of unbranched alkanes of at least 4 members (excludes halogenated alkanes) is 1. The number of hydrogen-bond donors (Lipinski definition) is 2. The van der Waals surface area contributed by atoms with Crippen molar-refractivity contribution in [1.29, 1.82) is 0 Å². The molecule has 0 unspecified atom stereocenters. The van der Waals surface area contributed by atoms with Crippen molar-refractivity contribution in [3.05, 3.63) is 62.9 Å². The van der Waals surface area contributed by atoms with E-state index in [1.807, 2.05) is 51.1 Å². The maximum atomic E-state index is 13.4. The molecule has 8 nitrogen and oxygen atoms in total. The van der Waals surface area contributed by atoms with Crippen molar-refractivity contribution in [3.63, 3.8) is 0 Å². The molecule has 3 aromatic rings. The third-order valence-electron chi connectivity index (χ3n) is 4.83. The Morgan fingerprint density at radius 2 is 1.93 bits per heavy atom. The van der Waals surface area contributed by atoms with Gasteiger partial charge in [0.2, 0.25) is 0 Å². The number of nitrogens with zero attached hydrogens (tertiary/aromatic N) is 3. The molecule has 30 heavy (non-hydrogen) atoms. The Kier molecular flexibility index (Phi) is 6.34. The van der Waals surface area contributed by atoms with Gasteiger partial charge in [-0.2, -0.15) is 0 Å². The van der Waals surface area contributed by atoms with Crippen molar-refractivity contribution < 1.29 is 4.79 Å². The van der Waals surface area contributed by atoms with Gasteiger partial charge in [0.05, 0.1) is 5.52 Å². The summed E-state index contributed by atoms with van der Waals surface area (Å²) >= 11 is 0. The molecule has 0 bridgehead atoms. The van der Waals surface area contributed by atoms with Crippen molar-refractivity contribution >= 4 is 28.3 Å². The van der Waals surface area contributed by atoms with Crippen LogP contribution >= 0.6 is 0 Å². The Balaban J connectivity index is 2.13. The van der Waals surface area contributed by atoms with E-state index in [2.05, 4.69) is 9.97 Å². The molecule has 0 radical (unpaired) electrons. The number of anilines is 2. The summed E-state index contributed by atoms with van der Waals surface area (Å²) in [6, 6.07) is 10.9. The van der Waals surface area contributed by atoms with E-state index < -0.39 is 17.2 Å². The second-order valence-corrected chi connectivity index (χ2v) is 7.70. The Morgan fingerprint density at radius 3 is 2.63 bits per heavy atom. The highest BCUT2D eigenvalue weighted by Crippen LogP contribution is 2.21. The van der Waals surface area contributed by atoms with Crippen LogP contribution in [0.4, 0.5) is 11.5 Å². The number of H-pyrrole nitrogens is 1. The van der Waals surface area contributed by atoms with Gasteiger partial charge in [0.1, 0.15) is 11.5 Å². The third-order valence-corrected chi connectivity index (χ3v) is 4.83. The molecular weight excluding hydrogens is 382 g/mol. The lowest BCUT2D eigenvalue weighted by Crippen LogP contribution is -2.42. The minimum Gasteiger partial charge on any atom is -0.383 e. The highest BCUT2D eigenvalue weighted by Gasteiger charge is 2.26. The van der Waals surface area contributed by atoms with Crippen LogP contribution in [0.3, 0.4) is 0 Å². The minimum atomic E-state index is -0.678. The zero-order valence-corrected chi connectivity index (χ0v) is 17.5. The first-order chi connectivity index (χ1) is 14.3. The summed E-state index contributed by atoms with van der Waals surface area (Å²) in [5.41, 5.74) is 5.87. The van der Waals surface area contributed by atoms with Crippen LogP contribution in [0.15, 0.2) is 46.0 Å². The highest BCUT2D eigenvalue weighted by molar-refractivity contribution is 6.07. The minimum absolute atomic E-state index is 0.0105. The summed E-state index contributed by atoms with van der Waals surface area (Å²) in [7, 11) is 0. The number of aromatic amines is 1. The Labute approximate surface area is 174 Å². The lowest BCUT2D eigenvalue weighted by Gasteiger charge is -2.24. The fraction of sp³-hybridized carbons (Fsp3) is 0.364. The molecule has 0 fully saturated rings. The van der Waals surface area contributed by atoms with Gasteiger partial charge in [-0.3, -0.25) is 24.0 Å². The molecule has 1 aromatic carbocycles. The second-order valence-electron chi connectivity index (χ2n) is 7.70. The fourth-order valence-electron chi connectivity index (χ4n) is 3.34. The van der Waals surface area contributed by atoms with Crippen molar-refractivity contribution in [2.75, 3.05) is 17.2 Å². The molecule has 0 aliphatic rings. The normalized spacial score (nSPS) is 11.2. The van der Waals surface area contributed by atoms with E-state index in [1.54, 1.807) is 6.07 Å². The van der Waals surface area contributed by atoms with E-state index >= 15 is 0 Å². The number of para-hydroxylation sites is 1. The monoisotopic (exact) mass is 409 g/mol. The van der Waals surface area contributed by atoms with Crippen molar-refractivity contribution in [3.8, 4) is 0 Å².